The number of nitrogens with two attached hydrogens (primary N) is 1. The molecule has 0 amide bonds. The van der Waals surface area contributed by atoms with E-state index < -0.39 is 0 Å². The van der Waals surface area contributed by atoms with Crippen LogP contribution >= 0.6 is 0 Å². The van der Waals surface area contributed by atoms with Crippen molar-refractivity contribution in [1.29, 1.82) is 0 Å². The van der Waals surface area contributed by atoms with Crippen molar-refractivity contribution >= 4 is 61.0 Å². The van der Waals surface area contributed by atoms with E-state index in [2.05, 4.69) is 114 Å². The molecule has 6 heteroatoms. The maximum atomic E-state index is 6.80. The minimum Gasteiger partial charge on any atom is -0.456 e. The van der Waals surface area contributed by atoms with Crippen molar-refractivity contribution in [1.82, 2.24) is 10.6 Å². The number of anilines is 1. The van der Waals surface area contributed by atoms with E-state index >= 15 is 0 Å². The summed E-state index contributed by atoms with van der Waals surface area (Å²) in [5, 5.41) is 12.8. The van der Waals surface area contributed by atoms with E-state index in [9.17, 15) is 0 Å². The number of benzene rings is 6. The van der Waals surface area contributed by atoms with Gasteiger partial charge < -0.3 is 19.9 Å². The third-order valence-corrected chi connectivity index (χ3v) is 9.33. The Bertz CT molecular complexity index is 2560. The second kappa shape index (κ2) is 11.3. The summed E-state index contributed by atoms with van der Waals surface area (Å²) >= 11 is 0. The van der Waals surface area contributed by atoms with Gasteiger partial charge in [0, 0.05) is 27.3 Å². The number of allylic oxidation sites excluding steroid dienone is 1. The smallest absolute Gasteiger partial charge is 0.199 e. The normalized spacial score (nSPS) is 16.9. The van der Waals surface area contributed by atoms with Gasteiger partial charge >= 0.3 is 0 Å². The number of amidine groups is 1. The van der Waals surface area contributed by atoms with Gasteiger partial charge in [-0.3, -0.25) is 5.32 Å². The molecule has 0 radical (unpaired) electrons. The zero-order chi connectivity index (χ0) is 32.2. The summed E-state index contributed by atoms with van der Waals surface area (Å²) in [5.74, 6) is 1.09. The first-order chi connectivity index (χ1) is 23.7. The monoisotopic (exact) mass is 624 g/mol. The van der Waals surface area contributed by atoms with Crippen molar-refractivity contribution in [2.75, 3.05) is 5.73 Å². The summed E-state index contributed by atoms with van der Waals surface area (Å²) in [7, 11) is 0. The third-order valence-electron chi connectivity index (χ3n) is 9.33. The molecule has 0 aliphatic carbocycles. The average molecular weight is 625 g/mol. The molecule has 1 aliphatic heterocycles. The maximum absolute atomic E-state index is 6.80. The highest BCUT2D eigenvalue weighted by Crippen LogP contribution is 2.43. The van der Waals surface area contributed by atoms with E-state index in [1.807, 2.05) is 43.3 Å². The number of rotatable bonds is 5. The maximum Gasteiger partial charge on any atom is 0.199 e. The Hall–Kier alpha value is -6.11. The highest BCUT2D eigenvalue weighted by molar-refractivity contribution is 6.27. The summed E-state index contributed by atoms with van der Waals surface area (Å²) in [5.41, 5.74) is 15.1. The predicted octanol–water partition coefficient (Wildman–Crippen LogP) is 10.1. The molecule has 48 heavy (non-hydrogen) atoms. The molecule has 4 N–H and O–H groups in total. The van der Waals surface area contributed by atoms with Crippen molar-refractivity contribution in [3.05, 3.63) is 156 Å². The van der Waals surface area contributed by atoms with Gasteiger partial charge in [0.1, 0.15) is 34.9 Å². The zero-order valence-corrected chi connectivity index (χ0v) is 26.3. The van der Waals surface area contributed by atoms with Crippen molar-refractivity contribution in [3.63, 3.8) is 0 Å². The highest BCUT2D eigenvalue weighted by Gasteiger charge is 2.29. The van der Waals surface area contributed by atoms with Gasteiger partial charge in [-0.1, -0.05) is 121 Å². The molecule has 0 saturated carbocycles. The van der Waals surface area contributed by atoms with Crippen molar-refractivity contribution in [2.24, 2.45) is 4.99 Å². The molecule has 0 bridgehead atoms. The van der Waals surface area contributed by atoms with Crippen LogP contribution in [0.15, 0.2) is 153 Å². The van der Waals surface area contributed by atoms with Gasteiger partial charge in [-0.2, -0.15) is 0 Å². The number of furan rings is 2. The summed E-state index contributed by atoms with van der Waals surface area (Å²) in [6, 6.07) is 45.8. The minimum atomic E-state index is -0.298. The quantitative estimate of drug-likeness (QED) is 0.177. The van der Waals surface area contributed by atoms with E-state index in [4.69, 9.17) is 19.6 Å². The molecule has 0 spiro atoms. The summed E-state index contributed by atoms with van der Waals surface area (Å²) < 4.78 is 12.7. The topological polar surface area (TPSA) is 88.7 Å². The molecule has 6 nitrogen and oxygen atoms in total. The zero-order valence-electron chi connectivity index (χ0n) is 26.3. The van der Waals surface area contributed by atoms with Crippen LogP contribution in [-0.4, -0.2) is 5.84 Å². The first-order valence-electron chi connectivity index (χ1n) is 16.2. The lowest BCUT2D eigenvalue weighted by atomic mass is 9.95. The summed E-state index contributed by atoms with van der Waals surface area (Å²) in [4.78, 5) is 5.27. The van der Waals surface area contributed by atoms with Crippen LogP contribution in [0.1, 0.15) is 35.9 Å². The van der Waals surface area contributed by atoms with Crippen molar-refractivity contribution in [2.45, 2.75) is 19.3 Å². The molecule has 232 valence electrons. The highest BCUT2D eigenvalue weighted by atomic mass is 16.3. The van der Waals surface area contributed by atoms with Gasteiger partial charge in [0.05, 0.1) is 5.56 Å². The Kier molecular flexibility index (Phi) is 6.62. The Morgan fingerprint density at radius 2 is 1.42 bits per heavy atom. The molecular weight excluding hydrogens is 592 g/mol. The number of nitrogens with zero attached hydrogens (tertiary/aromatic N) is 1. The van der Waals surface area contributed by atoms with Gasteiger partial charge in [0.15, 0.2) is 5.88 Å². The Balaban J connectivity index is 1.19. The second-order valence-electron chi connectivity index (χ2n) is 12.1. The Morgan fingerprint density at radius 1 is 0.688 bits per heavy atom. The fraction of sp³-hybridized carbons (Fsp3) is 0.0714. The van der Waals surface area contributed by atoms with Crippen LogP contribution in [0.4, 0.5) is 5.88 Å². The molecule has 9 rings (SSSR count). The van der Waals surface area contributed by atoms with Gasteiger partial charge in [0.2, 0.25) is 0 Å². The predicted molar refractivity (Wildman–Crippen MR) is 197 cm³/mol. The largest absolute Gasteiger partial charge is 0.456 e. The number of nitrogen functional groups attached to an aromatic ring is 1. The summed E-state index contributed by atoms with van der Waals surface area (Å²) in [6.07, 6.45) is 1.58. The van der Waals surface area contributed by atoms with E-state index in [1.54, 1.807) is 0 Å². The molecular formula is C42H32N4O2. The van der Waals surface area contributed by atoms with Crippen LogP contribution in [-0.2, 0) is 0 Å². The fourth-order valence-electron chi connectivity index (χ4n) is 7.09. The minimum absolute atomic E-state index is 0.188. The van der Waals surface area contributed by atoms with Crippen LogP contribution in [0.2, 0.25) is 0 Å². The van der Waals surface area contributed by atoms with Crippen LogP contribution in [0, 0.1) is 0 Å². The number of hydrogen-bond donors (Lipinski definition) is 3. The summed E-state index contributed by atoms with van der Waals surface area (Å²) in [6.45, 7) is 2.02. The molecule has 8 aromatic rings. The Morgan fingerprint density at radius 3 is 2.29 bits per heavy atom. The SMILES string of the molecule is C/C=C(/C1=NC(c2ccc3ccccc3c2)NC(c2ccccc2)N1)c1c(N)oc2c(-c3cccc4oc5ccccc5c34)cccc12. The van der Waals surface area contributed by atoms with Gasteiger partial charge in [-0.05, 0) is 52.6 Å². The van der Waals surface area contributed by atoms with Gasteiger partial charge in [-0.25, -0.2) is 4.99 Å². The van der Waals surface area contributed by atoms with Crippen LogP contribution in [0.3, 0.4) is 0 Å². The fourth-order valence-corrected chi connectivity index (χ4v) is 7.09. The number of nitrogens with one attached hydrogen (secondary N) is 2. The van der Waals surface area contributed by atoms with Gasteiger partial charge in [0.25, 0.3) is 0 Å². The first-order valence-corrected chi connectivity index (χ1v) is 16.2. The molecule has 1 aliphatic rings. The van der Waals surface area contributed by atoms with E-state index in [1.165, 1.54) is 10.8 Å². The molecule has 0 fully saturated rings. The van der Waals surface area contributed by atoms with E-state index in [0.29, 0.717) is 5.88 Å². The van der Waals surface area contributed by atoms with Crippen molar-refractivity contribution < 1.29 is 8.83 Å². The average Bonchev–Trinajstić information content (AvgIpc) is 3.69. The standard InChI is InChI=1S/C42H32N4O2/c1-2-29(42-45-40(26-13-4-3-5-14-26)44-41(46-42)28-23-22-25-12-6-7-15-27(25)24-28)37-33-19-10-18-31(38(33)48-39(37)43)30-17-11-21-35-36(30)32-16-8-9-20-34(32)47-35/h2-24,40-41,44H,43H2,1H3,(H,45,46)/b29-2+. The van der Waals surface area contributed by atoms with Crippen LogP contribution in [0.5, 0.6) is 0 Å². The van der Waals surface area contributed by atoms with Crippen molar-refractivity contribution in [3.8, 4) is 11.1 Å². The Labute approximate surface area is 277 Å². The lowest BCUT2D eigenvalue weighted by Gasteiger charge is -2.33. The van der Waals surface area contributed by atoms with E-state index in [-0.39, 0.29) is 12.3 Å². The molecule has 2 atom stereocenters. The molecule has 2 unspecified atom stereocenters. The lowest BCUT2D eigenvalue weighted by Crippen LogP contribution is -2.45. The number of aliphatic imine (C=N–C) groups is 1. The molecule has 0 saturated heterocycles. The van der Waals surface area contributed by atoms with Gasteiger partial charge in [-0.15, -0.1) is 0 Å². The first kappa shape index (κ1) is 28.1. The molecule has 3 heterocycles. The lowest BCUT2D eigenvalue weighted by molar-refractivity contribution is 0.410. The van der Waals surface area contributed by atoms with Crippen LogP contribution < -0.4 is 16.4 Å². The second-order valence-corrected chi connectivity index (χ2v) is 12.1. The van der Waals surface area contributed by atoms with Crippen LogP contribution in [0.25, 0.3) is 60.4 Å². The van der Waals surface area contributed by atoms with E-state index in [0.717, 1.165) is 72.1 Å². The number of para-hydroxylation sites is 2. The third kappa shape index (κ3) is 4.57. The number of fused-ring (bicyclic) bond motifs is 5. The number of hydrogen-bond acceptors (Lipinski definition) is 6. The molecule has 6 aromatic carbocycles. The molecule has 2 aromatic heterocycles.